The minimum atomic E-state index is -2.04. The number of benzene rings is 2. The molecule has 7 N–H and O–H groups in total. The van der Waals surface area contributed by atoms with Crippen LogP contribution in [0.5, 0.6) is 0 Å². The molecule has 21 nitrogen and oxygen atoms in total. The molecule has 2 aromatic heterocycles. The first-order valence-corrected chi connectivity index (χ1v) is 23.6. The summed E-state index contributed by atoms with van der Waals surface area (Å²) in [5, 5.41) is 22.7. The molecule has 0 spiro atoms. The first-order chi connectivity index (χ1) is 34.5. The quantitative estimate of drug-likeness (QED) is 0.0311. The largest absolute Gasteiger partial charge is 0.458 e. The molecule has 382 valence electrons. The molecule has 3 aliphatic rings. The zero-order chi connectivity index (χ0) is 51.7. The lowest BCUT2D eigenvalue weighted by Gasteiger charge is -2.31. The Bertz CT molecular complexity index is 2850. The van der Waals surface area contributed by atoms with Crippen molar-refractivity contribution < 1.29 is 62.0 Å². The van der Waals surface area contributed by atoms with E-state index in [-0.39, 0.29) is 95.2 Å². The number of hydrogen-bond acceptors (Lipinski definition) is 15. The van der Waals surface area contributed by atoms with Gasteiger partial charge in [-0.3, -0.25) is 33.7 Å². The van der Waals surface area contributed by atoms with Crippen LogP contribution in [0.25, 0.3) is 22.3 Å². The second-order valence-corrected chi connectivity index (χ2v) is 17.5. The highest BCUT2D eigenvalue weighted by molar-refractivity contribution is 6.12. The number of halogens is 1. The third kappa shape index (κ3) is 11.8. The number of pyridine rings is 2. The summed E-state index contributed by atoms with van der Waals surface area (Å²) >= 11 is 0. The lowest BCUT2D eigenvalue weighted by atomic mass is 9.86. The number of aryl methyl sites for hydroxylation is 1. The van der Waals surface area contributed by atoms with E-state index in [2.05, 4.69) is 21.3 Å². The van der Waals surface area contributed by atoms with Crippen molar-refractivity contribution in [1.82, 2.24) is 30.4 Å². The lowest BCUT2D eigenvalue weighted by Crippen LogP contribution is -2.51. The monoisotopic (exact) mass is 996 g/mol. The fraction of sp³-hybridized carbons (Fsp3) is 0.420. The predicted octanol–water partition coefficient (Wildman–Crippen LogP) is 2.36. The molecule has 0 fully saturated rings. The Morgan fingerprint density at radius 2 is 1.67 bits per heavy atom. The summed E-state index contributed by atoms with van der Waals surface area (Å²) in [4.78, 5) is 108. The van der Waals surface area contributed by atoms with Crippen LogP contribution in [0.3, 0.4) is 0 Å². The first-order valence-electron chi connectivity index (χ1n) is 23.6. The van der Waals surface area contributed by atoms with Gasteiger partial charge in [-0.05, 0) is 87.0 Å². The second-order valence-electron chi connectivity index (χ2n) is 17.5. The number of ether oxygens (including phenoxy) is 4. The van der Waals surface area contributed by atoms with E-state index in [1.54, 1.807) is 50.2 Å². The predicted molar refractivity (Wildman–Crippen MR) is 256 cm³/mol. The van der Waals surface area contributed by atoms with Crippen molar-refractivity contribution in [2.45, 2.75) is 96.9 Å². The number of cyclic esters (lactones) is 1. The second kappa shape index (κ2) is 23.2. The number of nitrogens with zero attached hydrogens (tertiary/aromatic N) is 3. The van der Waals surface area contributed by atoms with Gasteiger partial charge in [-0.25, -0.2) is 19.0 Å². The number of nitrogens with two attached hydrogens (primary N) is 1. The minimum absolute atomic E-state index is 0.0397. The van der Waals surface area contributed by atoms with Crippen molar-refractivity contribution in [3.8, 4) is 11.4 Å². The van der Waals surface area contributed by atoms with Gasteiger partial charge in [0, 0.05) is 53.4 Å². The molecule has 0 aliphatic carbocycles. The lowest BCUT2D eigenvalue weighted by molar-refractivity contribution is -0.172. The normalized spacial score (nSPS) is 16.4. The number of alkyl carbamates (subject to hydrolysis) is 1. The van der Waals surface area contributed by atoms with Crippen LogP contribution in [0.15, 0.2) is 59.4 Å². The number of anilines is 1. The summed E-state index contributed by atoms with van der Waals surface area (Å²) in [6.45, 7) is 5.23. The number of aromatic nitrogens is 2. The van der Waals surface area contributed by atoms with E-state index < -0.39 is 70.7 Å². The third-order valence-corrected chi connectivity index (χ3v) is 12.6. The van der Waals surface area contributed by atoms with Crippen LogP contribution in [-0.4, -0.2) is 113 Å². The van der Waals surface area contributed by atoms with Crippen LogP contribution in [0.4, 0.5) is 14.9 Å². The SMILES string of the molecule is CC[C@@]1(O)C(=O)OCc2c1cc1n(c2=O)Cc2c-1nc1cc(F)c(C)cc1c2CNC(=O)OCc1ccc(NC(=O)[C@H](CCCCN)NC(=O)[C@H](C)NC(=O)CCOCCOCCN2C(=O)C=CC2=O)cc1. The summed E-state index contributed by atoms with van der Waals surface area (Å²) in [7, 11) is 0. The van der Waals surface area contributed by atoms with Gasteiger partial charge in [0.25, 0.3) is 17.4 Å². The van der Waals surface area contributed by atoms with E-state index in [1.807, 2.05) is 0 Å². The molecule has 22 heteroatoms. The van der Waals surface area contributed by atoms with Crippen molar-refractivity contribution in [2.24, 2.45) is 5.73 Å². The van der Waals surface area contributed by atoms with E-state index >= 15 is 0 Å². The molecule has 6 amide bonds. The Morgan fingerprint density at radius 1 is 0.944 bits per heavy atom. The number of carbonyl (C=O) groups excluding carboxylic acids is 7. The van der Waals surface area contributed by atoms with Gasteiger partial charge >= 0.3 is 12.1 Å². The van der Waals surface area contributed by atoms with Gasteiger partial charge in [-0.15, -0.1) is 0 Å². The van der Waals surface area contributed by atoms with E-state index in [9.17, 15) is 47.9 Å². The number of carbonyl (C=O) groups is 7. The molecule has 4 aromatic rings. The number of imide groups is 1. The van der Waals surface area contributed by atoms with Crippen LogP contribution in [0.2, 0.25) is 0 Å². The Hall–Kier alpha value is -7.40. The number of fused-ring (bicyclic) bond motifs is 5. The zero-order valence-corrected chi connectivity index (χ0v) is 40.1. The molecule has 0 saturated heterocycles. The molecular weight excluding hydrogens is 940 g/mol. The van der Waals surface area contributed by atoms with Gasteiger partial charge in [0.15, 0.2) is 5.60 Å². The molecule has 7 rings (SSSR count). The highest BCUT2D eigenvalue weighted by Gasteiger charge is 2.45. The Labute approximate surface area is 412 Å². The van der Waals surface area contributed by atoms with Gasteiger partial charge in [-0.1, -0.05) is 19.1 Å². The maximum atomic E-state index is 14.9. The molecular formula is C50H57FN8O13. The Kier molecular flexibility index (Phi) is 16.9. The van der Waals surface area contributed by atoms with Crippen LogP contribution >= 0.6 is 0 Å². The average molecular weight is 997 g/mol. The molecule has 0 saturated carbocycles. The van der Waals surface area contributed by atoms with Gasteiger partial charge < -0.3 is 55.6 Å². The maximum absolute atomic E-state index is 14.9. The fourth-order valence-corrected chi connectivity index (χ4v) is 8.50. The summed E-state index contributed by atoms with van der Waals surface area (Å²) in [6.07, 6.45) is 2.95. The van der Waals surface area contributed by atoms with Crippen molar-refractivity contribution >= 4 is 58.2 Å². The smallest absolute Gasteiger partial charge is 0.407 e. The van der Waals surface area contributed by atoms with Gasteiger partial charge in [0.05, 0.1) is 62.0 Å². The van der Waals surface area contributed by atoms with E-state index in [1.165, 1.54) is 29.7 Å². The number of rotatable bonds is 23. The van der Waals surface area contributed by atoms with E-state index in [4.69, 9.17) is 29.7 Å². The van der Waals surface area contributed by atoms with E-state index in [0.29, 0.717) is 64.1 Å². The van der Waals surface area contributed by atoms with Gasteiger partial charge in [-0.2, -0.15) is 0 Å². The maximum Gasteiger partial charge on any atom is 0.407 e. The number of hydrogen-bond donors (Lipinski definition) is 6. The standard InChI is InChI=1S/C50H57FN8O13/c1-4-50(68)36-22-40-44-34(25-59(40)47(65)35(36)27-71-48(50)66)33(32-21-28(2)37(51)23-39(32)56-44)24-53-49(67)72-26-30-8-10-31(11-9-30)55-46(64)38(7-5-6-15-52)57-45(63)29(3)54-41(60)14-17-69-19-20-70-18-16-58-42(61)12-13-43(58)62/h8-13,21-23,29,38,68H,4-7,14-20,24-27,52H2,1-3H3,(H,53,67)(H,54,60)(H,55,64)(H,57,63)/t29-,38-,50-/m0/s1. The van der Waals surface area contributed by atoms with E-state index in [0.717, 1.165) is 4.90 Å². The van der Waals surface area contributed by atoms with Gasteiger partial charge in [0.2, 0.25) is 17.7 Å². The average Bonchev–Trinajstić information content (AvgIpc) is 3.89. The number of amides is 6. The summed E-state index contributed by atoms with van der Waals surface area (Å²) < 4.78 is 37.9. The highest BCUT2D eigenvalue weighted by Crippen LogP contribution is 2.40. The summed E-state index contributed by atoms with van der Waals surface area (Å²) in [5.74, 6) is -3.68. The van der Waals surface area contributed by atoms with Crippen LogP contribution in [0, 0.1) is 12.7 Å². The van der Waals surface area contributed by atoms with Crippen LogP contribution in [-0.2, 0) is 79.6 Å². The number of esters is 1. The summed E-state index contributed by atoms with van der Waals surface area (Å²) in [6, 6.07) is 9.01. The van der Waals surface area contributed by atoms with Crippen molar-refractivity contribution in [3.63, 3.8) is 0 Å². The number of unbranched alkanes of at least 4 members (excludes halogenated alkanes) is 1. The number of aliphatic hydroxyl groups is 1. The van der Waals surface area contributed by atoms with Crippen molar-refractivity contribution in [3.05, 3.63) is 104 Å². The molecule has 2 aromatic carbocycles. The fourth-order valence-electron chi connectivity index (χ4n) is 8.50. The topological polar surface area (TPSA) is 289 Å². The van der Waals surface area contributed by atoms with Crippen LogP contribution < -0.4 is 32.6 Å². The highest BCUT2D eigenvalue weighted by atomic mass is 19.1. The van der Waals surface area contributed by atoms with Crippen molar-refractivity contribution in [2.75, 3.05) is 44.8 Å². The Balaban J connectivity index is 0.896. The molecule has 0 radical (unpaired) electrons. The third-order valence-electron chi connectivity index (χ3n) is 12.6. The first kappa shape index (κ1) is 52.4. The molecule has 3 aliphatic heterocycles. The zero-order valence-electron chi connectivity index (χ0n) is 40.1. The van der Waals surface area contributed by atoms with Gasteiger partial charge in [0.1, 0.15) is 31.1 Å². The molecule has 3 atom stereocenters. The molecule has 72 heavy (non-hydrogen) atoms. The minimum Gasteiger partial charge on any atom is -0.458 e. The molecule has 0 bridgehead atoms. The number of nitrogens with one attached hydrogen (secondary N) is 4. The Morgan fingerprint density at radius 3 is 2.38 bits per heavy atom. The molecule has 0 unspecified atom stereocenters. The van der Waals surface area contributed by atoms with Crippen molar-refractivity contribution in [1.29, 1.82) is 0 Å². The summed E-state index contributed by atoms with van der Waals surface area (Å²) in [5.41, 5.74) is 6.86. The molecule has 5 heterocycles. The van der Waals surface area contributed by atoms with Crippen LogP contribution in [0.1, 0.15) is 79.3 Å².